The summed E-state index contributed by atoms with van der Waals surface area (Å²) in [6.45, 7) is 3.69. The smallest absolute Gasteiger partial charge is 0.262 e. The Kier molecular flexibility index (Phi) is 8.08. The third-order valence-corrected chi connectivity index (χ3v) is 7.80. The number of ether oxygens (including phenoxy) is 1. The maximum absolute atomic E-state index is 13.5. The maximum Gasteiger partial charge on any atom is 0.262 e. The first-order valence-corrected chi connectivity index (χ1v) is 13.1. The molecule has 0 unspecified atom stereocenters. The number of hydrogen-bond acceptors (Lipinski definition) is 8. The molecule has 35 heavy (non-hydrogen) atoms. The topological polar surface area (TPSA) is 83.1 Å². The number of aromatic nitrogens is 1. The van der Waals surface area contributed by atoms with Crippen LogP contribution < -0.4 is 4.90 Å². The molecule has 3 amide bonds. The highest BCUT2D eigenvalue weighted by Crippen LogP contribution is 2.32. The Morgan fingerprint density at radius 2 is 1.80 bits per heavy atom. The molecule has 0 atom stereocenters. The number of benzene rings is 2. The quantitative estimate of drug-likeness (QED) is 0.340. The van der Waals surface area contributed by atoms with Crippen molar-refractivity contribution in [3.05, 3.63) is 53.6 Å². The third-order valence-electron chi connectivity index (χ3n) is 6.03. The molecule has 1 fully saturated rings. The number of thioether (sulfide) groups is 1. The van der Waals surface area contributed by atoms with E-state index in [0.717, 1.165) is 33.1 Å². The number of anilines is 1. The van der Waals surface area contributed by atoms with Gasteiger partial charge < -0.3 is 4.74 Å². The van der Waals surface area contributed by atoms with Crippen LogP contribution in [0.1, 0.15) is 20.7 Å². The Hall–Kier alpha value is -2.50. The summed E-state index contributed by atoms with van der Waals surface area (Å²) < 4.78 is 6.42. The zero-order chi connectivity index (χ0) is 23.7. The molecule has 0 aliphatic carbocycles. The summed E-state index contributed by atoms with van der Waals surface area (Å²) in [5.41, 5.74) is 1.50. The lowest BCUT2D eigenvalue weighted by Gasteiger charge is -2.29. The monoisotopic (exact) mass is 532 g/mol. The van der Waals surface area contributed by atoms with E-state index in [2.05, 4.69) is 11.0 Å². The molecule has 0 bridgehead atoms. The summed E-state index contributed by atoms with van der Waals surface area (Å²) in [6.07, 6.45) is 2.02. The molecule has 1 saturated heterocycles. The zero-order valence-corrected chi connectivity index (χ0v) is 21.6. The van der Waals surface area contributed by atoms with Crippen molar-refractivity contribution in [2.75, 3.05) is 57.1 Å². The van der Waals surface area contributed by atoms with E-state index in [1.165, 1.54) is 11.3 Å². The summed E-state index contributed by atoms with van der Waals surface area (Å²) in [6, 6.07) is 12.7. The third kappa shape index (κ3) is 5.22. The van der Waals surface area contributed by atoms with Crippen LogP contribution in [-0.2, 0) is 9.53 Å². The van der Waals surface area contributed by atoms with Gasteiger partial charge >= 0.3 is 0 Å². The summed E-state index contributed by atoms with van der Waals surface area (Å²) in [5, 5.41) is 0.572. The van der Waals surface area contributed by atoms with Crippen LogP contribution in [0.4, 0.5) is 5.13 Å². The number of imide groups is 1. The first-order chi connectivity index (χ1) is 16.5. The van der Waals surface area contributed by atoms with Gasteiger partial charge in [-0.25, -0.2) is 4.98 Å². The molecule has 8 nitrogen and oxygen atoms in total. The average Bonchev–Trinajstić information content (AvgIpc) is 3.39. The summed E-state index contributed by atoms with van der Waals surface area (Å²) in [5.74, 6) is -1.20. The van der Waals surface area contributed by atoms with Gasteiger partial charge in [0.2, 0.25) is 5.91 Å². The van der Waals surface area contributed by atoms with Gasteiger partial charge in [-0.2, -0.15) is 0 Å². The van der Waals surface area contributed by atoms with Crippen molar-refractivity contribution in [2.45, 2.75) is 4.90 Å². The van der Waals surface area contributed by atoms with E-state index in [1.54, 1.807) is 40.9 Å². The van der Waals surface area contributed by atoms with Gasteiger partial charge in [-0.3, -0.25) is 29.1 Å². The molecule has 0 N–H and O–H groups in total. The average molecular weight is 533 g/mol. The minimum absolute atomic E-state index is 0. The fourth-order valence-corrected chi connectivity index (χ4v) is 5.69. The second-order valence-electron chi connectivity index (χ2n) is 8.07. The van der Waals surface area contributed by atoms with Crippen LogP contribution in [0.5, 0.6) is 0 Å². The number of thiazole rings is 1. The second kappa shape index (κ2) is 11.0. The number of nitrogens with zero attached hydrogens (tertiary/aromatic N) is 4. The Balaban J connectivity index is 0.00000289. The second-order valence-corrected chi connectivity index (χ2v) is 9.96. The lowest BCUT2D eigenvalue weighted by atomic mass is 10.1. The van der Waals surface area contributed by atoms with Crippen molar-refractivity contribution in [3.8, 4) is 0 Å². The van der Waals surface area contributed by atoms with E-state index in [1.807, 2.05) is 18.4 Å². The normalized spacial score (nSPS) is 15.9. The molecule has 0 radical (unpaired) electrons. The summed E-state index contributed by atoms with van der Waals surface area (Å²) in [4.78, 5) is 49.9. The summed E-state index contributed by atoms with van der Waals surface area (Å²) >= 11 is 3.10. The molecular weight excluding hydrogens is 508 g/mol. The molecule has 3 aromatic rings. The van der Waals surface area contributed by atoms with Crippen LogP contribution in [0.25, 0.3) is 10.2 Å². The van der Waals surface area contributed by atoms with Gasteiger partial charge in [-0.1, -0.05) is 23.5 Å². The van der Waals surface area contributed by atoms with Crippen LogP contribution in [0.15, 0.2) is 47.4 Å². The van der Waals surface area contributed by atoms with Crippen LogP contribution in [0.2, 0.25) is 0 Å². The molecule has 2 aromatic carbocycles. The van der Waals surface area contributed by atoms with Crippen LogP contribution in [-0.4, -0.2) is 84.7 Å². The molecule has 2 aliphatic rings. The molecule has 0 spiro atoms. The molecular formula is C24H25ClN4O4S2. The standard InChI is InChI=1S/C24H24N4O4S2.ClH/c1-33-16-6-7-19-20(14-16)34-24(25-19)27(9-8-26-10-12-32-13-11-26)21(29)15-28-22(30)17-4-2-3-5-18(17)23(28)31;/h2-7,14H,8-13,15H2,1H3;1H. The molecule has 3 heterocycles. The highest BCUT2D eigenvalue weighted by molar-refractivity contribution is 7.98. The minimum Gasteiger partial charge on any atom is -0.379 e. The van der Waals surface area contributed by atoms with Gasteiger partial charge in [-0.05, 0) is 36.6 Å². The zero-order valence-electron chi connectivity index (χ0n) is 19.1. The molecule has 11 heteroatoms. The van der Waals surface area contributed by atoms with Crippen molar-refractivity contribution in [1.29, 1.82) is 0 Å². The first kappa shape index (κ1) is 25.6. The van der Waals surface area contributed by atoms with Gasteiger partial charge in [0, 0.05) is 31.1 Å². The number of halogens is 1. The Morgan fingerprint density at radius 3 is 2.46 bits per heavy atom. The van der Waals surface area contributed by atoms with Crippen LogP contribution >= 0.6 is 35.5 Å². The number of morpholine rings is 1. The van der Waals surface area contributed by atoms with Crippen LogP contribution in [0.3, 0.4) is 0 Å². The number of fused-ring (bicyclic) bond motifs is 2. The maximum atomic E-state index is 13.5. The Bertz CT molecular complexity index is 1230. The van der Waals surface area contributed by atoms with Gasteiger partial charge in [-0.15, -0.1) is 24.2 Å². The van der Waals surface area contributed by atoms with Crippen molar-refractivity contribution < 1.29 is 19.1 Å². The first-order valence-electron chi connectivity index (χ1n) is 11.1. The van der Waals surface area contributed by atoms with Gasteiger partial charge in [0.25, 0.3) is 11.8 Å². The van der Waals surface area contributed by atoms with Crippen molar-refractivity contribution in [2.24, 2.45) is 0 Å². The molecule has 5 rings (SSSR count). The molecule has 2 aliphatic heterocycles. The predicted molar refractivity (Wildman–Crippen MR) is 140 cm³/mol. The van der Waals surface area contributed by atoms with Gasteiger partial charge in [0.05, 0.1) is 34.6 Å². The lowest BCUT2D eigenvalue weighted by Crippen LogP contribution is -2.47. The number of rotatable bonds is 7. The van der Waals surface area contributed by atoms with Gasteiger partial charge in [0.15, 0.2) is 5.13 Å². The van der Waals surface area contributed by atoms with Crippen molar-refractivity contribution in [3.63, 3.8) is 0 Å². The van der Waals surface area contributed by atoms with E-state index >= 15 is 0 Å². The van der Waals surface area contributed by atoms with Crippen molar-refractivity contribution in [1.82, 2.24) is 14.8 Å². The number of hydrogen-bond donors (Lipinski definition) is 0. The number of carbonyl (C=O) groups is 3. The molecule has 1 aromatic heterocycles. The van der Waals surface area contributed by atoms with Crippen molar-refractivity contribution >= 4 is 68.6 Å². The van der Waals surface area contributed by atoms with E-state index in [0.29, 0.717) is 42.6 Å². The van der Waals surface area contributed by atoms with E-state index in [4.69, 9.17) is 9.72 Å². The minimum atomic E-state index is -0.434. The Morgan fingerprint density at radius 1 is 1.11 bits per heavy atom. The van der Waals surface area contributed by atoms with E-state index in [-0.39, 0.29) is 24.9 Å². The van der Waals surface area contributed by atoms with E-state index in [9.17, 15) is 14.4 Å². The van der Waals surface area contributed by atoms with E-state index < -0.39 is 11.8 Å². The number of carbonyl (C=O) groups excluding carboxylic acids is 3. The van der Waals surface area contributed by atoms with Gasteiger partial charge in [0.1, 0.15) is 6.54 Å². The fourth-order valence-electron chi connectivity index (χ4n) is 4.13. The molecule has 0 saturated carbocycles. The number of amides is 3. The lowest BCUT2D eigenvalue weighted by molar-refractivity contribution is -0.119. The highest BCUT2D eigenvalue weighted by Gasteiger charge is 2.37. The fraction of sp³-hybridized carbons (Fsp3) is 0.333. The highest BCUT2D eigenvalue weighted by atomic mass is 35.5. The van der Waals surface area contributed by atoms with Crippen LogP contribution in [0, 0.1) is 0 Å². The molecule has 184 valence electrons. The Labute approximate surface area is 217 Å². The summed E-state index contributed by atoms with van der Waals surface area (Å²) in [7, 11) is 0. The largest absolute Gasteiger partial charge is 0.379 e. The SMILES string of the molecule is CSc1ccc2nc(N(CCN3CCOCC3)C(=O)CN3C(=O)c4ccccc4C3=O)sc2c1.Cl. The predicted octanol–water partition coefficient (Wildman–Crippen LogP) is 3.40.